The quantitative estimate of drug-likeness (QED) is 0.871. The van der Waals surface area contributed by atoms with Crippen molar-refractivity contribution < 1.29 is 19.5 Å². The van der Waals surface area contributed by atoms with Crippen LogP contribution in [0.25, 0.3) is 0 Å². The third-order valence-corrected chi connectivity index (χ3v) is 4.22. The van der Waals surface area contributed by atoms with Crippen LogP contribution in [0.5, 0.6) is 0 Å². The summed E-state index contributed by atoms with van der Waals surface area (Å²) >= 11 is 1.08. The lowest BCUT2D eigenvalue weighted by Gasteiger charge is -2.11. The van der Waals surface area contributed by atoms with Crippen LogP contribution >= 0.6 is 11.3 Å². The predicted molar refractivity (Wildman–Crippen MR) is 70.4 cm³/mol. The third-order valence-electron chi connectivity index (χ3n) is 3.13. The second-order valence-electron chi connectivity index (χ2n) is 4.59. The molecule has 6 nitrogen and oxygen atoms in total. The molecule has 2 heterocycles. The molecular weight excluding hydrogens is 268 g/mol. The van der Waals surface area contributed by atoms with Crippen LogP contribution in [0.1, 0.15) is 21.7 Å². The van der Waals surface area contributed by atoms with Gasteiger partial charge in [0.2, 0.25) is 11.8 Å². The first-order valence-electron chi connectivity index (χ1n) is 5.76. The highest BCUT2D eigenvalue weighted by molar-refractivity contribution is 7.12. The average Bonchev–Trinajstić information content (AvgIpc) is 2.85. The molecule has 2 amide bonds. The molecule has 1 aliphatic rings. The van der Waals surface area contributed by atoms with E-state index >= 15 is 0 Å². The van der Waals surface area contributed by atoms with Gasteiger partial charge in [0, 0.05) is 20.0 Å². The first kappa shape index (κ1) is 13.5. The lowest BCUT2D eigenvalue weighted by Crippen LogP contribution is -2.26. The second kappa shape index (κ2) is 5.00. The second-order valence-corrected chi connectivity index (χ2v) is 5.47. The Hall–Kier alpha value is -1.89. The molecule has 19 heavy (non-hydrogen) atoms. The molecule has 0 radical (unpaired) electrons. The minimum absolute atomic E-state index is 0.0688. The highest BCUT2D eigenvalue weighted by Gasteiger charge is 2.33. The number of aryl methyl sites for hydroxylation is 1. The van der Waals surface area contributed by atoms with Crippen LogP contribution in [0.4, 0.5) is 5.69 Å². The Morgan fingerprint density at radius 2 is 2.21 bits per heavy atom. The normalized spacial score (nSPS) is 18.7. The first-order valence-corrected chi connectivity index (χ1v) is 6.64. The minimum Gasteiger partial charge on any atom is -0.477 e. The molecule has 1 aliphatic heterocycles. The van der Waals surface area contributed by atoms with E-state index in [4.69, 9.17) is 5.11 Å². The number of anilines is 1. The van der Waals surface area contributed by atoms with Gasteiger partial charge in [-0.25, -0.2) is 4.79 Å². The van der Waals surface area contributed by atoms with E-state index in [0.717, 1.165) is 11.3 Å². The Labute approximate surface area is 114 Å². The fraction of sp³-hybridized carbons (Fsp3) is 0.417. The molecule has 2 N–H and O–H groups in total. The molecule has 0 saturated carbocycles. The van der Waals surface area contributed by atoms with Crippen molar-refractivity contribution in [1.82, 2.24) is 4.90 Å². The molecule has 0 aromatic carbocycles. The molecule has 1 atom stereocenters. The molecule has 0 aliphatic carbocycles. The van der Waals surface area contributed by atoms with Gasteiger partial charge in [-0.05, 0) is 17.9 Å². The van der Waals surface area contributed by atoms with Crippen LogP contribution in [0, 0.1) is 12.8 Å². The molecular formula is C12H14N2O4S. The molecule has 1 aromatic heterocycles. The van der Waals surface area contributed by atoms with Crippen molar-refractivity contribution in [1.29, 1.82) is 0 Å². The van der Waals surface area contributed by atoms with Crippen LogP contribution in [-0.2, 0) is 9.59 Å². The van der Waals surface area contributed by atoms with E-state index in [2.05, 4.69) is 5.32 Å². The Balaban J connectivity index is 2.14. The Morgan fingerprint density at radius 1 is 1.53 bits per heavy atom. The van der Waals surface area contributed by atoms with Gasteiger partial charge in [-0.15, -0.1) is 11.3 Å². The van der Waals surface area contributed by atoms with Crippen molar-refractivity contribution >= 4 is 34.8 Å². The summed E-state index contributed by atoms with van der Waals surface area (Å²) in [6.45, 7) is 2.11. The fourth-order valence-electron chi connectivity index (χ4n) is 2.02. The number of aromatic carboxylic acids is 1. The Bertz CT molecular complexity index is 552. The van der Waals surface area contributed by atoms with Crippen LogP contribution in [0.2, 0.25) is 0 Å². The number of carbonyl (C=O) groups is 3. The van der Waals surface area contributed by atoms with E-state index < -0.39 is 11.9 Å². The largest absolute Gasteiger partial charge is 0.477 e. The van der Waals surface area contributed by atoms with Gasteiger partial charge in [-0.1, -0.05) is 0 Å². The average molecular weight is 282 g/mol. The maximum Gasteiger partial charge on any atom is 0.348 e. The van der Waals surface area contributed by atoms with Gasteiger partial charge < -0.3 is 15.3 Å². The lowest BCUT2D eigenvalue weighted by molar-refractivity contribution is -0.127. The highest BCUT2D eigenvalue weighted by Crippen LogP contribution is 2.29. The zero-order chi connectivity index (χ0) is 14.2. The van der Waals surface area contributed by atoms with Crippen molar-refractivity contribution in [3.8, 4) is 0 Å². The topological polar surface area (TPSA) is 86.7 Å². The van der Waals surface area contributed by atoms with E-state index in [-0.39, 0.29) is 23.1 Å². The number of amides is 2. The Kier molecular flexibility index (Phi) is 3.57. The van der Waals surface area contributed by atoms with Crippen molar-refractivity contribution in [3.63, 3.8) is 0 Å². The van der Waals surface area contributed by atoms with Gasteiger partial charge >= 0.3 is 5.97 Å². The van der Waals surface area contributed by atoms with Gasteiger partial charge in [0.05, 0.1) is 11.6 Å². The number of carboxylic acids is 1. The lowest BCUT2D eigenvalue weighted by atomic mass is 10.1. The van der Waals surface area contributed by atoms with Gasteiger partial charge in [0.15, 0.2) is 0 Å². The maximum absolute atomic E-state index is 12.1. The molecule has 1 fully saturated rings. The number of carbonyl (C=O) groups excluding carboxylic acids is 2. The summed E-state index contributed by atoms with van der Waals surface area (Å²) in [6.07, 6.45) is 0.175. The molecule has 7 heteroatoms. The predicted octanol–water partition coefficient (Wildman–Crippen LogP) is 1.17. The van der Waals surface area contributed by atoms with Crippen molar-refractivity contribution in [2.45, 2.75) is 13.3 Å². The zero-order valence-corrected chi connectivity index (χ0v) is 11.4. The van der Waals surface area contributed by atoms with Gasteiger partial charge in [-0.3, -0.25) is 9.59 Å². The number of thiophene rings is 1. The molecule has 0 spiro atoms. The standard InChI is InChI=1S/C12H14N2O4S/c1-6-5-19-10(12(17)18)9(6)13-11(16)7-3-8(15)14(2)4-7/h5,7H,3-4H2,1-2H3,(H,13,16)(H,17,18). The maximum atomic E-state index is 12.1. The first-order chi connectivity index (χ1) is 8.90. The zero-order valence-electron chi connectivity index (χ0n) is 10.6. The molecule has 1 saturated heterocycles. The van der Waals surface area contributed by atoms with Crippen molar-refractivity contribution in [3.05, 3.63) is 15.8 Å². The van der Waals surface area contributed by atoms with Gasteiger partial charge in [-0.2, -0.15) is 0 Å². The molecule has 0 bridgehead atoms. The number of nitrogens with one attached hydrogen (secondary N) is 1. The van der Waals surface area contributed by atoms with E-state index in [0.29, 0.717) is 17.8 Å². The molecule has 1 unspecified atom stereocenters. The summed E-state index contributed by atoms with van der Waals surface area (Å²) in [7, 11) is 1.65. The van der Waals surface area contributed by atoms with Gasteiger partial charge in [0.1, 0.15) is 4.88 Å². The third kappa shape index (κ3) is 2.60. The summed E-state index contributed by atoms with van der Waals surface area (Å²) in [5.74, 6) is -1.85. The number of hydrogen-bond acceptors (Lipinski definition) is 4. The Morgan fingerprint density at radius 3 is 2.74 bits per heavy atom. The van der Waals surface area contributed by atoms with Crippen molar-refractivity contribution in [2.24, 2.45) is 5.92 Å². The summed E-state index contributed by atoms with van der Waals surface area (Å²) < 4.78 is 0. The minimum atomic E-state index is -1.06. The highest BCUT2D eigenvalue weighted by atomic mass is 32.1. The van der Waals surface area contributed by atoms with E-state index in [1.807, 2.05) is 0 Å². The van der Waals surface area contributed by atoms with Gasteiger partial charge in [0.25, 0.3) is 0 Å². The van der Waals surface area contributed by atoms with Crippen molar-refractivity contribution in [2.75, 3.05) is 18.9 Å². The number of hydrogen-bond donors (Lipinski definition) is 2. The summed E-state index contributed by atoms with van der Waals surface area (Å²) in [5.41, 5.74) is 1.05. The summed E-state index contributed by atoms with van der Waals surface area (Å²) in [4.78, 5) is 36.1. The number of nitrogens with zero attached hydrogens (tertiary/aromatic N) is 1. The van der Waals surface area contributed by atoms with Crippen LogP contribution < -0.4 is 5.32 Å². The smallest absolute Gasteiger partial charge is 0.348 e. The molecule has 1 aromatic rings. The summed E-state index contributed by atoms with van der Waals surface area (Å²) in [5, 5.41) is 13.4. The van der Waals surface area contributed by atoms with E-state index in [1.165, 1.54) is 4.90 Å². The monoisotopic (exact) mass is 282 g/mol. The van der Waals surface area contributed by atoms with E-state index in [1.54, 1.807) is 19.4 Å². The number of carboxylic acid groups (broad SMARTS) is 1. The fourth-order valence-corrected chi connectivity index (χ4v) is 2.86. The number of likely N-dealkylation sites (tertiary alicyclic amines) is 1. The SMILES string of the molecule is Cc1csc(C(=O)O)c1NC(=O)C1CC(=O)N(C)C1. The summed E-state index contributed by atoms with van der Waals surface area (Å²) in [6, 6.07) is 0. The number of rotatable bonds is 3. The molecule has 102 valence electrons. The molecule has 2 rings (SSSR count). The van der Waals surface area contributed by atoms with Crippen LogP contribution in [0.15, 0.2) is 5.38 Å². The van der Waals surface area contributed by atoms with E-state index in [9.17, 15) is 14.4 Å². The van der Waals surface area contributed by atoms with Crippen LogP contribution in [0.3, 0.4) is 0 Å². The van der Waals surface area contributed by atoms with Crippen LogP contribution in [-0.4, -0.2) is 41.4 Å².